The average Bonchev–Trinajstić information content (AvgIpc) is 2.62. The number of para-hydroxylation sites is 1. The molecule has 0 radical (unpaired) electrons. The lowest BCUT2D eigenvalue weighted by Gasteiger charge is -2.39. The highest BCUT2D eigenvalue weighted by Gasteiger charge is 2.44. The fourth-order valence-corrected chi connectivity index (χ4v) is 2.74. The number of benzene rings is 1. The first kappa shape index (κ1) is 22.6. The maximum Gasteiger partial charge on any atom is 0.229 e. The number of hydrogen-bond acceptors (Lipinski definition) is 7. The standard InChI is InChI=1S/C20H31NO7/c1-11(20(2,3)4)21-15(23)9-12-7-5-6-8-13(12)27-19-18(26)17(25)16(24)14(10-22)28-19/h5-8,11,14,16-19,22,24-26H,9-10H2,1-4H3,(H,21,23). The summed E-state index contributed by atoms with van der Waals surface area (Å²) >= 11 is 0. The van der Waals surface area contributed by atoms with Gasteiger partial charge in [0, 0.05) is 11.6 Å². The van der Waals surface area contributed by atoms with Crippen LogP contribution >= 0.6 is 0 Å². The van der Waals surface area contributed by atoms with Gasteiger partial charge in [-0.15, -0.1) is 0 Å². The molecule has 1 aromatic rings. The second kappa shape index (κ2) is 9.19. The first-order chi connectivity index (χ1) is 13.0. The number of carbonyl (C=O) groups is 1. The van der Waals surface area contributed by atoms with Crippen molar-refractivity contribution in [2.75, 3.05) is 6.61 Å². The molecule has 1 aromatic carbocycles. The second-order valence-electron chi connectivity index (χ2n) is 8.25. The van der Waals surface area contributed by atoms with E-state index in [0.717, 1.165) is 0 Å². The molecule has 1 saturated heterocycles. The van der Waals surface area contributed by atoms with Gasteiger partial charge in [0.2, 0.25) is 12.2 Å². The zero-order chi connectivity index (χ0) is 21.1. The van der Waals surface area contributed by atoms with Gasteiger partial charge in [0.15, 0.2) is 0 Å². The molecule has 1 aliphatic rings. The molecule has 0 spiro atoms. The molecule has 8 heteroatoms. The van der Waals surface area contributed by atoms with E-state index in [4.69, 9.17) is 9.47 Å². The second-order valence-corrected chi connectivity index (χ2v) is 8.25. The predicted octanol–water partition coefficient (Wildman–Crippen LogP) is -0.0414. The Labute approximate surface area is 165 Å². The molecule has 6 unspecified atom stereocenters. The van der Waals surface area contributed by atoms with Gasteiger partial charge in [0.05, 0.1) is 13.0 Å². The normalized spacial score (nSPS) is 29.2. The molecule has 0 aliphatic carbocycles. The topological polar surface area (TPSA) is 128 Å². The fraction of sp³-hybridized carbons (Fsp3) is 0.650. The number of ether oxygens (including phenoxy) is 2. The molecular formula is C20H31NO7. The lowest BCUT2D eigenvalue weighted by molar-refractivity contribution is -0.277. The van der Waals surface area contributed by atoms with E-state index < -0.39 is 37.3 Å². The Morgan fingerprint density at radius 3 is 2.43 bits per heavy atom. The molecule has 0 aromatic heterocycles. The maximum absolute atomic E-state index is 12.4. The minimum absolute atomic E-state index is 0.0291. The number of carbonyl (C=O) groups excluding carboxylic acids is 1. The van der Waals surface area contributed by atoms with E-state index in [1.54, 1.807) is 24.3 Å². The third-order valence-corrected chi connectivity index (χ3v) is 5.09. The van der Waals surface area contributed by atoms with Crippen LogP contribution in [0.3, 0.4) is 0 Å². The molecule has 0 bridgehead atoms. The third kappa shape index (κ3) is 5.42. The Morgan fingerprint density at radius 2 is 1.82 bits per heavy atom. The summed E-state index contributed by atoms with van der Waals surface area (Å²) < 4.78 is 11.1. The van der Waals surface area contributed by atoms with Gasteiger partial charge in [0.1, 0.15) is 30.2 Å². The van der Waals surface area contributed by atoms with Crippen LogP contribution in [0.4, 0.5) is 0 Å². The van der Waals surface area contributed by atoms with Gasteiger partial charge in [-0.25, -0.2) is 0 Å². The largest absolute Gasteiger partial charge is 0.462 e. The Balaban J connectivity index is 2.10. The summed E-state index contributed by atoms with van der Waals surface area (Å²) in [4.78, 5) is 12.4. The van der Waals surface area contributed by atoms with Gasteiger partial charge in [0.25, 0.3) is 0 Å². The summed E-state index contributed by atoms with van der Waals surface area (Å²) in [5.74, 6) is 0.137. The Morgan fingerprint density at radius 1 is 1.18 bits per heavy atom. The van der Waals surface area contributed by atoms with Gasteiger partial charge in [-0.2, -0.15) is 0 Å². The van der Waals surface area contributed by atoms with E-state index in [1.165, 1.54) is 0 Å². The quantitative estimate of drug-likeness (QED) is 0.456. The van der Waals surface area contributed by atoms with Crippen molar-refractivity contribution in [3.8, 4) is 5.75 Å². The summed E-state index contributed by atoms with van der Waals surface area (Å²) in [5.41, 5.74) is 0.500. The molecule has 0 saturated carbocycles. The van der Waals surface area contributed by atoms with E-state index in [9.17, 15) is 25.2 Å². The summed E-state index contributed by atoms with van der Waals surface area (Å²) in [5, 5.41) is 42.1. The smallest absolute Gasteiger partial charge is 0.229 e. The summed E-state index contributed by atoms with van der Waals surface area (Å²) in [6.45, 7) is 7.50. The molecule has 1 heterocycles. The zero-order valence-corrected chi connectivity index (χ0v) is 16.7. The van der Waals surface area contributed by atoms with Crippen LogP contribution in [0.2, 0.25) is 0 Å². The number of nitrogens with one attached hydrogen (secondary N) is 1. The predicted molar refractivity (Wildman–Crippen MR) is 102 cm³/mol. The molecule has 158 valence electrons. The van der Waals surface area contributed by atoms with Gasteiger partial charge in [-0.3, -0.25) is 4.79 Å². The summed E-state index contributed by atoms with van der Waals surface area (Å²) in [6.07, 6.45) is -6.80. The molecule has 6 atom stereocenters. The molecule has 8 nitrogen and oxygen atoms in total. The van der Waals surface area contributed by atoms with Crippen LogP contribution in [-0.4, -0.2) is 69.7 Å². The van der Waals surface area contributed by atoms with Crippen LogP contribution in [0.15, 0.2) is 24.3 Å². The fourth-order valence-electron chi connectivity index (χ4n) is 2.74. The van der Waals surface area contributed by atoms with Gasteiger partial charge in [-0.1, -0.05) is 39.0 Å². The van der Waals surface area contributed by atoms with Crippen LogP contribution in [0.1, 0.15) is 33.3 Å². The molecule has 28 heavy (non-hydrogen) atoms. The van der Waals surface area contributed by atoms with Gasteiger partial charge < -0.3 is 35.2 Å². The summed E-state index contributed by atoms with van der Waals surface area (Å²) in [6, 6.07) is 6.78. The SMILES string of the molecule is CC(NC(=O)Cc1ccccc1OC1OC(CO)C(O)C(O)C1O)C(C)(C)C. The average molecular weight is 397 g/mol. The third-order valence-electron chi connectivity index (χ3n) is 5.09. The van der Waals surface area contributed by atoms with Crippen molar-refractivity contribution in [3.63, 3.8) is 0 Å². The van der Waals surface area contributed by atoms with Crippen LogP contribution in [-0.2, 0) is 16.0 Å². The van der Waals surface area contributed by atoms with E-state index in [1.807, 2.05) is 27.7 Å². The Hall–Kier alpha value is -1.71. The number of hydrogen-bond donors (Lipinski definition) is 5. The summed E-state index contributed by atoms with van der Waals surface area (Å²) in [7, 11) is 0. The number of aliphatic hydroxyl groups excluding tert-OH is 4. The highest BCUT2D eigenvalue weighted by molar-refractivity contribution is 5.79. The highest BCUT2D eigenvalue weighted by atomic mass is 16.7. The maximum atomic E-state index is 12.4. The van der Waals surface area contributed by atoms with Crippen molar-refractivity contribution in [1.82, 2.24) is 5.32 Å². The van der Waals surface area contributed by atoms with Crippen molar-refractivity contribution in [3.05, 3.63) is 29.8 Å². The molecule has 1 aliphatic heterocycles. The van der Waals surface area contributed by atoms with E-state index >= 15 is 0 Å². The van der Waals surface area contributed by atoms with E-state index in [-0.39, 0.29) is 23.8 Å². The molecule has 2 rings (SSSR count). The first-order valence-corrected chi connectivity index (χ1v) is 9.39. The van der Waals surface area contributed by atoms with Crippen LogP contribution in [0.25, 0.3) is 0 Å². The first-order valence-electron chi connectivity index (χ1n) is 9.39. The Kier molecular flexibility index (Phi) is 7.41. The van der Waals surface area contributed by atoms with Gasteiger partial charge in [-0.05, 0) is 18.4 Å². The molecule has 5 N–H and O–H groups in total. The lowest BCUT2D eigenvalue weighted by atomic mass is 9.88. The van der Waals surface area contributed by atoms with E-state index in [2.05, 4.69) is 5.32 Å². The number of aliphatic hydroxyl groups is 4. The molecule has 1 amide bonds. The van der Waals surface area contributed by atoms with E-state index in [0.29, 0.717) is 11.3 Å². The van der Waals surface area contributed by atoms with Crippen molar-refractivity contribution in [2.45, 2.75) is 70.9 Å². The zero-order valence-electron chi connectivity index (χ0n) is 16.7. The minimum atomic E-state index is -1.53. The lowest BCUT2D eigenvalue weighted by Crippen LogP contribution is -2.60. The van der Waals surface area contributed by atoms with Crippen LogP contribution in [0, 0.1) is 5.41 Å². The van der Waals surface area contributed by atoms with Crippen molar-refractivity contribution >= 4 is 5.91 Å². The number of amides is 1. The van der Waals surface area contributed by atoms with Crippen molar-refractivity contribution < 1.29 is 34.7 Å². The van der Waals surface area contributed by atoms with Crippen molar-refractivity contribution in [1.29, 1.82) is 0 Å². The van der Waals surface area contributed by atoms with Crippen molar-refractivity contribution in [2.24, 2.45) is 5.41 Å². The molecule has 1 fully saturated rings. The Bertz CT molecular complexity index is 658. The minimum Gasteiger partial charge on any atom is -0.462 e. The monoisotopic (exact) mass is 397 g/mol. The molecular weight excluding hydrogens is 366 g/mol. The highest BCUT2D eigenvalue weighted by Crippen LogP contribution is 2.27. The van der Waals surface area contributed by atoms with Crippen LogP contribution < -0.4 is 10.1 Å². The van der Waals surface area contributed by atoms with Crippen LogP contribution in [0.5, 0.6) is 5.75 Å². The number of rotatable bonds is 6. The van der Waals surface area contributed by atoms with Gasteiger partial charge >= 0.3 is 0 Å².